The third-order valence-electron chi connectivity index (χ3n) is 0.816. The molecule has 3 heteroatoms. The van der Waals surface area contributed by atoms with Crippen molar-refractivity contribution in [3.05, 3.63) is 35.8 Å². The van der Waals surface area contributed by atoms with Crippen molar-refractivity contribution in [1.29, 1.82) is 5.26 Å². The van der Waals surface area contributed by atoms with E-state index in [1.807, 2.05) is 0 Å². The van der Waals surface area contributed by atoms with E-state index in [1.165, 1.54) is 19.1 Å². The molecule has 0 aliphatic heterocycles. The SMILES string of the molecule is C=C(O)/C=C(C#N)\C=C(/C)O. The first kappa shape index (κ1) is 9.31. The molecule has 0 saturated carbocycles. The van der Waals surface area contributed by atoms with Gasteiger partial charge in [-0.1, -0.05) is 6.58 Å². The maximum Gasteiger partial charge on any atom is 0.109 e. The van der Waals surface area contributed by atoms with E-state index in [2.05, 4.69) is 6.58 Å². The zero-order chi connectivity index (χ0) is 8.85. The van der Waals surface area contributed by atoms with Crippen molar-refractivity contribution in [3.8, 4) is 6.07 Å². The van der Waals surface area contributed by atoms with Gasteiger partial charge in [-0.15, -0.1) is 0 Å². The van der Waals surface area contributed by atoms with Gasteiger partial charge >= 0.3 is 0 Å². The molecule has 2 N–H and O–H groups in total. The molecular formula is C8H9NO2. The first-order valence-electron chi connectivity index (χ1n) is 2.93. The second kappa shape index (κ2) is 4.18. The molecule has 0 spiro atoms. The summed E-state index contributed by atoms with van der Waals surface area (Å²) in [5, 5.41) is 25.8. The predicted octanol–water partition coefficient (Wildman–Crippen LogP) is 1.97. The minimum atomic E-state index is -0.209. The minimum Gasteiger partial charge on any atom is -0.513 e. The number of aliphatic hydroxyl groups is 2. The summed E-state index contributed by atoms with van der Waals surface area (Å²) in [4.78, 5) is 0. The Morgan fingerprint density at radius 2 is 2.00 bits per heavy atom. The fourth-order valence-electron chi connectivity index (χ4n) is 0.511. The van der Waals surface area contributed by atoms with Gasteiger partial charge in [-0.3, -0.25) is 0 Å². The molecule has 0 unspecified atom stereocenters. The van der Waals surface area contributed by atoms with Gasteiger partial charge in [0.25, 0.3) is 0 Å². The van der Waals surface area contributed by atoms with Gasteiger partial charge in [-0.05, 0) is 19.1 Å². The molecule has 0 fully saturated rings. The van der Waals surface area contributed by atoms with E-state index in [0.29, 0.717) is 0 Å². The highest BCUT2D eigenvalue weighted by Crippen LogP contribution is 2.01. The molecule has 0 radical (unpaired) electrons. The van der Waals surface area contributed by atoms with E-state index in [1.54, 1.807) is 6.07 Å². The van der Waals surface area contributed by atoms with Crippen molar-refractivity contribution in [2.45, 2.75) is 6.92 Å². The predicted molar refractivity (Wildman–Crippen MR) is 41.9 cm³/mol. The summed E-state index contributed by atoms with van der Waals surface area (Å²) in [5.41, 5.74) is 0.164. The van der Waals surface area contributed by atoms with E-state index >= 15 is 0 Å². The summed E-state index contributed by atoms with van der Waals surface area (Å²) in [6.45, 7) is 4.60. The lowest BCUT2D eigenvalue weighted by Gasteiger charge is -1.89. The monoisotopic (exact) mass is 151 g/mol. The number of nitriles is 1. The lowest BCUT2D eigenvalue weighted by atomic mass is 10.2. The van der Waals surface area contributed by atoms with Gasteiger partial charge < -0.3 is 10.2 Å². The topological polar surface area (TPSA) is 64.2 Å². The first-order valence-corrected chi connectivity index (χ1v) is 2.93. The number of hydrogen-bond donors (Lipinski definition) is 2. The van der Waals surface area contributed by atoms with Crippen LogP contribution < -0.4 is 0 Å². The molecule has 0 saturated heterocycles. The van der Waals surface area contributed by atoms with Crippen LogP contribution >= 0.6 is 0 Å². The highest BCUT2D eigenvalue weighted by atomic mass is 16.3. The molecule has 58 valence electrons. The number of nitrogens with zero attached hydrogens (tertiary/aromatic N) is 1. The van der Waals surface area contributed by atoms with Crippen LogP contribution in [-0.2, 0) is 0 Å². The van der Waals surface area contributed by atoms with Crippen LogP contribution in [0.2, 0.25) is 0 Å². The number of rotatable bonds is 2. The summed E-state index contributed by atoms with van der Waals surface area (Å²) in [7, 11) is 0. The van der Waals surface area contributed by atoms with Crippen LogP contribution in [0.15, 0.2) is 35.8 Å². The molecule has 0 heterocycles. The van der Waals surface area contributed by atoms with Crippen LogP contribution in [0.3, 0.4) is 0 Å². The van der Waals surface area contributed by atoms with E-state index in [4.69, 9.17) is 15.5 Å². The highest BCUT2D eigenvalue weighted by Gasteiger charge is 1.91. The molecule has 0 aromatic rings. The summed E-state index contributed by atoms with van der Waals surface area (Å²) in [6, 6.07) is 1.77. The van der Waals surface area contributed by atoms with Crippen molar-refractivity contribution < 1.29 is 10.2 Å². The van der Waals surface area contributed by atoms with Gasteiger partial charge in [-0.25, -0.2) is 0 Å². The van der Waals surface area contributed by atoms with Crippen LogP contribution in [0.1, 0.15) is 6.92 Å². The highest BCUT2D eigenvalue weighted by molar-refractivity contribution is 5.37. The Morgan fingerprint density at radius 1 is 1.45 bits per heavy atom. The molecule has 0 atom stereocenters. The van der Waals surface area contributed by atoms with Crippen molar-refractivity contribution in [2.75, 3.05) is 0 Å². The van der Waals surface area contributed by atoms with E-state index in [0.717, 1.165) is 0 Å². The van der Waals surface area contributed by atoms with Crippen molar-refractivity contribution in [1.82, 2.24) is 0 Å². The molecule has 11 heavy (non-hydrogen) atoms. The van der Waals surface area contributed by atoms with E-state index < -0.39 is 0 Å². The standard InChI is InChI=1S/C8H9NO2/c1-6(10)3-8(5-9)4-7(2)11/h3-4,10-11H,1H2,2H3/b7-4+,8-3+. The largest absolute Gasteiger partial charge is 0.513 e. The molecule has 0 aromatic carbocycles. The normalized spacial score (nSPS) is 12.4. The van der Waals surface area contributed by atoms with E-state index in [-0.39, 0.29) is 17.1 Å². The Balaban J connectivity index is 4.59. The molecule has 0 amide bonds. The summed E-state index contributed by atoms with van der Waals surface area (Å²) < 4.78 is 0. The Hall–Kier alpha value is -1.69. The van der Waals surface area contributed by atoms with Gasteiger partial charge in [0.05, 0.1) is 17.4 Å². The molecular weight excluding hydrogens is 142 g/mol. The summed E-state index contributed by atoms with van der Waals surface area (Å²) >= 11 is 0. The van der Waals surface area contributed by atoms with Crippen LogP contribution in [0.4, 0.5) is 0 Å². The summed E-state index contributed by atoms with van der Waals surface area (Å²) in [5.74, 6) is -0.196. The maximum atomic E-state index is 8.72. The van der Waals surface area contributed by atoms with Gasteiger partial charge in [0, 0.05) is 0 Å². The smallest absolute Gasteiger partial charge is 0.109 e. The number of hydrogen-bond acceptors (Lipinski definition) is 3. The second-order valence-electron chi connectivity index (χ2n) is 1.99. The number of allylic oxidation sites excluding steroid dienone is 4. The molecule has 0 rings (SSSR count). The Labute approximate surface area is 65.2 Å². The Morgan fingerprint density at radius 3 is 2.27 bits per heavy atom. The van der Waals surface area contributed by atoms with Crippen LogP contribution in [0.25, 0.3) is 0 Å². The maximum absolute atomic E-state index is 8.72. The van der Waals surface area contributed by atoms with E-state index in [9.17, 15) is 0 Å². The number of aliphatic hydroxyl groups excluding tert-OH is 2. The van der Waals surface area contributed by atoms with Gasteiger partial charge in [-0.2, -0.15) is 5.26 Å². The quantitative estimate of drug-likeness (QED) is 0.360. The third-order valence-corrected chi connectivity index (χ3v) is 0.816. The van der Waals surface area contributed by atoms with Crippen LogP contribution in [-0.4, -0.2) is 10.2 Å². The van der Waals surface area contributed by atoms with Crippen molar-refractivity contribution >= 4 is 0 Å². The zero-order valence-electron chi connectivity index (χ0n) is 6.20. The molecule has 0 aliphatic carbocycles. The Bertz CT molecular complexity index is 252. The average molecular weight is 151 g/mol. The average Bonchev–Trinajstić information content (AvgIpc) is 1.84. The minimum absolute atomic E-state index is 0.0130. The molecule has 0 aromatic heterocycles. The van der Waals surface area contributed by atoms with Crippen LogP contribution in [0, 0.1) is 11.3 Å². The lowest BCUT2D eigenvalue weighted by molar-refractivity contribution is 0.414. The van der Waals surface area contributed by atoms with Crippen molar-refractivity contribution in [3.63, 3.8) is 0 Å². The van der Waals surface area contributed by atoms with Crippen LogP contribution in [0.5, 0.6) is 0 Å². The fraction of sp³-hybridized carbons (Fsp3) is 0.125. The first-order chi connectivity index (χ1) is 5.06. The zero-order valence-corrected chi connectivity index (χ0v) is 6.20. The lowest BCUT2D eigenvalue weighted by Crippen LogP contribution is -1.78. The molecule has 0 bridgehead atoms. The molecule has 0 aliphatic rings. The third kappa shape index (κ3) is 4.79. The van der Waals surface area contributed by atoms with Gasteiger partial charge in [0.2, 0.25) is 0 Å². The Kier molecular flexibility index (Phi) is 3.54. The fourth-order valence-corrected chi connectivity index (χ4v) is 0.511. The summed E-state index contributed by atoms with van der Waals surface area (Å²) in [6.07, 6.45) is 2.40. The second-order valence-corrected chi connectivity index (χ2v) is 1.99. The van der Waals surface area contributed by atoms with Gasteiger partial charge in [0.1, 0.15) is 5.76 Å². The van der Waals surface area contributed by atoms with Gasteiger partial charge in [0.15, 0.2) is 0 Å². The van der Waals surface area contributed by atoms with Crippen molar-refractivity contribution in [2.24, 2.45) is 0 Å². The molecule has 3 nitrogen and oxygen atoms in total.